The van der Waals surface area contributed by atoms with Crippen LogP contribution in [0.2, 0.25) is 0 Å². The summed E-state index contributed by atoms with van der Waals surface area (Å²) in [5, 5.41) is 3.09. The smallest absolute Gasteiger partial charge is 0.224 e. The van der Waals surface area contributed by atoms with Gasteiger partial charge in [0.15, 0.2) is 0 Å². The van der Waals surface area contributed by atoms with Crippen LogP contribution in [0, 0.1) is 5.92 Å². The molecule has 1 aliphatic rings. The summed E-state index contributed by atoms with van der Waals surface area (Å²) < 4.78 is 1.07. The van der Waals surface area contributed by atoms with E-state index in [-0.39, 0.29) is 17.9 Å². The van der Waals surface area contributed by atoms with Gasteiger partial charge < -0.3 is 5.32 Å². The van der Waals surface area contributed by atoms with E-state index >= 15 is 0 Å². The van der Waals surface area contributed by atoms with Gasteiger partial charge in [0, 0.05) is 22.8 Å². The summed E-state index contributed by atoms with van der Waals surface area (Å²) in [5.74, 6) is 0.597. The van der Waals surface area contributed by atoms with E-state index in [4.69, 9.17) is 0 Å². The van der Waals surface area contributed by atoms with E-state index in [1.807, 2.05) is 31.2 Å². The highest BCUT2D eigenvalue weighted by atomic mass is 79.9. The van der Waals surface area contributed by atoms with E-state index in [9.17, 15) is 4.79 Å². The van der Waals surface area contributed by atoms with Gasteiger partial charge in [-0.1, -0.05) is 28.1 Å². The number of benzene rings is 1. The minimum atomic E-state index is 0.0178. The minimum absolute atomic E-state index is 0.0178. The van der Waals surface area contributed by atoms with Gasteiger partial charge in [-0.3, -0.25) is 9.78 Å². The summed E-state index contributed by atoms with van der Waals surface area (Å²) in [7, 11) is 0. The van der Waals surface area contributed by atoms with Crippen LogP contribution in [0.1, 0.15) is 36.4 Å². The third-order valence-electron chi connectivity index (χ3n) is 3.97. The number of pyridine rings is 1. The van der Waals surface area contributed by atoms with Gasteiger partial charge in [0.1, 0.15) is 0 Å². The van der Waals surface area contributed by atoms with E-state index in [2.05, 4.69) is 38.4 Å². The molecule has 0 unspecified atom stereocenters. The molecule has 1 aromatic carbocycles. The fraction of sp³-hybridized carbons (Fsp3) is 0.294. The second-order valence-corrected chi connectivity index (χ2v) is 6.43. The van der Waals surface area contributed by atoms with E-state index in [0.717, 1.165) is 16.5 Å². The average Bonchev–Trinajstić information content (AvgIpc) is 3.29. The molecule has 4 heteroatoms. The van der Waals surface area contributed by atoms with Crippen molar-refractivity contribution in [2.45, 2.75) is 25.3 Å². The molecule has 3 atom stereocenters. The molecule has 0 spiro atoms. The van der Waals surface area contributed by atoms with Crippen LogP contribution in [0.4, 0.5) is 0 Å². The lowest BCUT2D eigenvalue weighted by atomic mass is 10.1. The van der Waals surface area contributed by atoms with Gasteiger partial charge in [0.2, 0.25) is 5.91 Å². The van der Waals surface area contributed by atoms with Crippen molar-refractivity contribution in [2.24, 2.45) is 5.92 Å². The summed E-state index contributed by atoms with van der Waals surface area (Å²) in [6.07, 6.45) is 4.43. The molecule has 0 aliphatic heterocycles. The first-order chi connectivity index (χ1) is 10.1. The molecule has 1 aliphatic carbocycles. The van der Waals surface area contributed by atoms with Crippen molar-refractivity contribution >= 4 is 21.8 Å². The van der Waals surface area contributed by atoms with Crippen LogP contribution >= 0.6 is 15.9 Å². The molecule has 0 saturated heterocycles. The molecule has 1 aromatic heterocycles. The Labute approximate surface area is 132 Å². The summed E-state index contributed by atoms with van der Waals surface area (Å²) >= 11 is 3.48. The van der Waals surface area contributed by atoms with Crippen LogP contribution in [0.5, 0.6) is 0 Å². The third kappa shape index (κ3) is 3.32. The average molecular weight is 345 g/mol. The van der Waals surface area contributed by atoms with Crippen LogP contribution < -0.4 is 5.32 Å². The molecular weight excluding hydrogens is 328 g/mol. The number of amides is 1. The van der Waals surface area contributed by atoms with Crippen LogP contribution in [-0.2, 0) is 4.79 Å². The summed E-state index contributed by atoms with van der Waals surface area (Å²) in [4.78, 5) is 16.3. The highest BCUT2D eigenvalue weighted by Gasteiger charge is 2.44. The Morgan fingerprint density at radius 1 is 1.33 bits per heavy atom. The molecule has 1 heterocycles. The van der Waals surface area contributed by atoms with Gasteiger partial charge in [-0.15, -0.1) is 0 Å². The second-order valence-electron chi connectivity index (χ2n) is 5.51. The Hall–Kier alpha value is -1.68. The monoisotopic (exact) mass is 344 g/mol. The highest BCUT2D eigenvalue weighted by molar-refractivity contribution is 9.10. The van der Waals surface area contributed by atoms with Crippen molar-refractivity contribution in [3.63, 3.8) is 0 Å². The fourth-order valence-corrected chi connectivity index (χ4v) is 3.06. The Balaban J connectivity index is 1.61. The number of carbonyl (C=O) groups is 1. The molecule has 21 heavy (non-hydrogen) atoms. The summed E-state index contributed by atoms with van der Waals surface area (Å²) in [5.41, 5.74) is 2.32. The predicted octanol–water partition coefficient (Wildman–Crippen LogP) is 3.83. The van der Waals surface area contributed by atoms with E-state index in [0.29, 0.717) is 5.92 Å². The number of hydrogen-bond donors (Lipinski definition) is 1. The zero-order valence-electron chi connectivity index (χ0n) is 11.8. The normalized spacial score (nSPS) is 21.6. The second kappa shape index (κ2) is 5.98. The minimum Gasteiger partial charge on any atom is -0.349 e. The van der Waals surface area contributed by atoms with Crippen molar-refractivity contribution in [3.8, 4) is 0 Å². The lowest BCUT2D eigenvalue weighted by Gasteiger charge is -2.14. The first-order valence-electron chi connectivity index (χ1n) is 7.11. The molecule has 3 rings (SSSR count). The molecule has 0 bridgehead atoms. The Kier molecular flexibility index (Phi) is 4.06. The Morgan fingerprint density at radius 2 is 2.10 bits per heavy atom. The first-order valence-corrected chi connectivity index (χ1v) is 7.90. The van der Waals surface area contributed by atoms with Crippen LogP contribution in [0.3, 0.4) is 0 Å². The standard InChI is InChI=1S/C17H17BrN2O/c1-11(12-5-7-19-8-6-12)20-17(21)16-10-15(16)13-3-2-4-14(18)9-13/h2-9,11,15-16H,10H2,1H3,(H,20,21)/t11-,15-,16-/m0/s1. The maximum Gasteiger partial charge on any atom is 0.224 e. The Bertz CT molecular complexity index is 644. The number of nitrogens with one attached hydrogen (secondary N) is 1. The number of nitrogens with zero attached hydrogens (tertiary/aromatic N) is 1. The van der Waals surface area contributed by atoms with Gasteiger partial charge in [0.05, 0.1) is 6.04 Å². The van der Waals surface area contributed by atoms with Crippen molar-refractivity contribution in [3.05, 3.63) is 64.4 Å². The molecule has 2 aromatic rings. The first kappa shape index (κ1) is 14.3. The van der Waals surface area contributed by atoms with Gasteiger partial charge in [0.25, 0.3) is 0 Å². The van der Waals surface area contributed by atoms with E-state index in [1.165, 1.54) is 5.56 Å². The molecule has 1 amide bonds. The molecule has 1 saturated carbocycles. The van der Waals surface area contributed by atoms with Crippen LogP contribution in [0.15, 0.2) is 53.3 Å². The largest absolute Gasteiger partial charge is 0.349 e. The van der Waals surface area contributed by atoms with Crippen molar-refractivity contribution in [1.82, 2.24) is 10.3 Å². The number of carbonyl (C=O) groups excluding carboxylic acids is 1. The van der Waals surface area contributed by atoms with Gasteiger partial charge >= 0.3 is 0 Å². The lowest BCUT2D eigenvalue weighted by molar-refractivity contribution is -0.123. The number of aromatic nitrogens is 1. The fourth-order valence-electron chi connectivity index (χ4n) is 2.65. The number of halogens is 1. The van der Waals surface area contributed by atoms with Crippen molar-refractivity contribution in [2.75, 3.05) is 0 Å². The molecular formula is C17H17BrN2O. The summed E-state index contributed by atoms with van der Waals surface area (Å²) in [6, 6.07) is 12.1. The molecule has 3 nitrogen and oxygen atoms in total. The summed E-state index contributed by atoms with van der Waals surface area (Å²) in [6.45, 7) is 2.00. The Morgan fingerprint density at radius 3 is 2.81 bits per heavy atom. The SMILES string of the molecule is C[C@H](NC(=O)[C@H]1C[C@H]1c1cccc(Br)c1)c1ccncc1. The number of hydrogen-bond acceptors (Lipinski definition) is 2. The third-order valence-corrected chi connectivity index (χ3v) is 4.46. The molecule has 1 N–H and O–H groups in total. The van der Waals surface area contributed by atoms with Crippen molar-refractivity contribution in [1.29, 1.82) is 0 Å². The zero-order chi connectivity index (χ0) is 14.8. The van der Waals surface area contributed by atoms with Gasteiger partial charge in [-0.25, -0.2) is 0 Å². The molecule has 108 valence electrons. The van der Waals surface area contributed by atoms with Gasteiger partial charge in [-0.2, -0.15) is 0 Å². The molecule has 1 fully saturated rings. The van der Waals surface area contributed by atoms with Crippen molar-refractivity contribution < 1.29 is 4.79 Å². The zero-order valence-corrected chi connectivity index (χ0v) is 13.4. The lowest BCUT2D eigenvalue weighted by Crippen LogP contribution is -2.28. The predicted molar refractivity (Wildman–Crippen MR) is 85.8 cm³/mol. The van der Waals surface area contributed by atoms with E-state index < -0.39 is 0 Å². The number of rotatable bonds is 4. The maximum atomic E-state index is 12.3. The highest BCUT2D eigenvalue weighted by Crippen LogP contribution is 2.48. The van der Waals surface area contributed by atoms with Crippen LogP contribution in [0.25, 0.3) is 0 Å². The van der Waals surface area contributed by atoms with Crippen LogP contribution in [-0.4, -0.2) is 10.9 Å². The topological polar surface area (TPSA) is 42.0 Å². The van der Waals surface area contributed by atoms with E-state index in [1.54, 1.807) is 12.4 Å². The maximum absolute atomic E-state index is 12.3. The molecule has 0 radical (unpaired) electrons. The van der Waals surface area contributed by atoms with Gasteiger partial charge in [-0.05, 0) is 54.7 Å². The quantitative estimate of drug-likeness (QED) is 0.915.